The number of rotatable bonds is 6. The Balaban J connectivity index is 2.85. The van der Waals surface area contributed by atoms with E-state index in [1.54, 1.807) is 17.8 Å². The molecule has 1 aromatic rings. The number of ether oxygens (including phenoxy) is 1. The van der Waals surface area contributed by atoms with E-state index < -0.39 is 5.97 Å². The van der Waals surface area contributed by atoms with Crippen LogP contribution in [0.1, 0.15) is 24.6 Å². The van der Waals surface area contributed by atoms with Crippen LogP contribution in [0, 0.1) is 6.92 Å². The fourth-order valence-corrected chi connectivity index (χ4v) is 2.09. The molecule has 1 heterocycles. The van der Waals surface area contributed by atoms with Crippen LogP contribution >= 0.6 is 11.6 Å². The number of carbonyl (C=O) groups is 2. The van der Waals surface area contributed by atoms with Gasteiger partial charge in [-0.2, -0.15) is 5.10 Å². The highest BCUT2D eigenvalue weighted by atomic mass is 35.5. The number of methoxy groups -OCH3 is 1. The summed E-state index contributed by atoms with van der Waals surface area (Å²) in [5, 5.41) is 4.63. The first-order valence-corrected chi connectivity index (χ1v) is 7.01. The van der Waals surface area contributed by atoms with Crippen molar-refractivity contribution in [3.05, 3.63) is 22.5 Å². The molecule has 0 saturated carbocycles. The van der Waals surface area contributed by atoms with Gasteiger partial charge in [-0.1, -0.05) is 18.5 Å². The second-order valence-corrected chi connectivity index (χ2v) is 4.94. The molecule has 6 nitrogen and oxygen atoms in total. The molecule has 116 valence electrons. The Morgan fingerprint density at radius 1 is 1.48 bits per heavy atom. The summed E-state index contributed by atoms with van der Waals surface area (Å²) in [5.74, 6) is -0.706. The summed E-state index contributed by atoms with van der Waals surface area (Å²) in [6, 6.07) is 0. The number of aryl methyl sites for hydroxylation is 2. The van der Waals surface area contributed by atoms with E-state index >= 15 is 0 Å². The smallest absolute Gasteiger partial charge is 0.325 e. The van der Waals surface area contributed by atoms with Crippen LogP contribution in [0.4, 0.5) is 0 Å². The normalized spacial score (nSPS) is 10.9. The predicted octanol–water partition coefficient (Wildman–Crippen LogP) is 1.81. The van der Waals surface area contributed by atoms with Gasteiger partial charge in [-0.05, 0) is 19.4 Å². The molecule has 0 atom stereocenters. The largest absolute Gasteiger partial charge is 0.468 e. The summed E-state index contributed by atoms with van der Waals surface area (Å²) in [6.07, 6.45) is 3.77. The maximum Gasteiger partial charge on any atom is 0.325 e. The van der Waals surface area contributed by atoms with Crippen molar-refractivity contribution in [1.82, 2.24) is 14.7 Å². The molecule has 1 aromatic heterocycles. The molecule has 7 heteroatoms. The Morgan fingerprint density at radius 3 is 2.62 bits per heavy atom. The third-order valence-corrected chi connectivity index (χ3v) is 3.39. The standard InChI is InChI=1S/C14H20ClN3O3/c1-5-8-18(9-13(20)21-4)12(19)7-6-11-10(2)16-17(3)14(11)15/h6-7H,5,8-9H2,1-4H3. The molecule has 1 amide bonds. The molecule has 0 bridgehead atoms. The summed E-state index contributed by atoms with van der Waals surface area (Å²) >= 11 is 6.10. The van der Waals surface area contributed by atoms with Gasteiger partial charge in [0.15, 0.2) is 0 Å². The van der Waals surface area contributed by atoms with Gasteiger partial charge in [-0.15, -0.1) is 0 Å². The van der Waals surface area contributed by atoms with Gasteiger partial charge in [0, 0.05) is 25.2 Å². The van der Waals surface area contributed by atoms with Crippen molar-refractivity contribution in [1.29, 1.82) is 0 Å². The quantitative estimate of drug-likeness (QED) is 0.593. The fraction of sp³-hybridized carbons (Fsp3) is 0.500. The lowest BCUT2D eigenvalue weighted by molar-refractivity contribution is -0.145. The lowest BCUT2D eigenvalue weighted by Crippen LogP contribution is -2.35. The Hall–Kier alpha value is -1.82. The van der Waals surface area contributed by atoms with E-state index in [4.69, 9.17) is 11.6 Å². The lowest BCUT2D eigenvalue weighted by Gasteiger charge is -2.18. The van der Waals surface area contributed by atoms with Crippen molar-refractivity contribution in [3.63, 3.8) is 0 Å². The maximum atomic E-state index is 12.1. The number of carbonyl (C=O) groups excluding carboxylic acids is 2. The van der Waals surface area contributed by atoms with Gasteiger partial charge < -0.3 is 9.64 Å². The second kappa shape index (κ2) is 7.83. The first kappa shape index (κ1) is 17.2. The Bertz CT molecular complexity index is 552. The summed E-state index contributed by atoms with van der Waals surface area (Å²) in [6.45, 7) is 4.17. The Labute approximate surface area is 129 Å². The minimum atomic E-state index is -0.444. The molecule has 0 aromatic carbocycles. The minimum Gasteiger partial charge on any atom is -0.468 e. The first-order chi connectivity index (χ1) is 9.90. The van der Waals surface area contributed by atoms with Crippen molar-refractivity contribution in [2.45, 2.75) is 20.3 Å². The lowest BCUT2D eigenvalue weighted by atomic mass is 10.2. The van der Waals surface area contributed by atoms with Crippen LogP contribution in [0.15, 0.2) is 6.08 Å². The Morgan fingerprint density at radius 2 is 2.14 bits per heavy atom. The van der Waals surface area contributed by atoms with Gasteiger partial charge >= 0.3 is 5.97 Å². The summed E-state index contributed by atoms with van der Waals surface area (Å²) in [5.41, 5.74) is 1.43. The molecule has 21 heavy (non-hydrogen) atoms. The number of nitrogens with zero attached hydrogens (tertiary/aromatic N) is 3. The SMILES string of the molecule is CCCN(CC(=O)OC)C(=O)C=Cc1c(C)nn(C)c1Cl. The van der Waals surface area contributed by atoms with Gasteiger partial charge in [0.25, 0.3) is 0 Å². The van der Waals surface area contributed by atoms with E-state index in [0.717, 1.165) is 12.1 Å². The molecular formula is C14H20ClN3O3. The molecule has 0 unspecified atom stereocenters. The monoisotopic (exact) mass is 313 g/mol. The van der Waals surface area contributed by atoms with Crippen molar-refractivity contribution in [3.8, 4) is 0 Å². The van der Waals surface area contributed by atoms with E-state index in [-0.39, 0.29) is 12.5 Å². The maximum absolute atomic E-state index is 12.1. The van der Waals surface area contributed by atoms with Crippen LogP contribution in [-0.4, -0.2) is 46.8 Å². The fourth-order valence-electron chi connectivity index (χ4n) is 1.85. The molecular weight excluding hydrogens is 294 g/mol. The van der Waals surface area contributed by atoms with Crippen molar-refractivity contribution < 1.29 is 14.3 Å². The molecule has 0 saturated heterocycles. The van der Waals surface area contributed by atoms with E-state index in [0.29, 0.717) is 17.3 Å². The van der Waals surface area contributed by atoms with Gasteiger partial charge in [0.05, 0.1) is 12.8 Å². The first-order valence-electron chi connectivity index (χ1n) is 6.63. The van der Waals surface area contributed by atoms with E-state index in [9.17, 15) is 9.59 Å². The molecule has 0 spiro atoms. The number of hydrogen-bond donors (Lipinski definition) is 0. The molecule has 0 fully saturated rings. The number of aromatic nitrogens is 2. The van der Waals surface area contributed by atoms with Crippen molar-refractivity contribution >= 4 is 29.6 Å². The van der Waals surface area contributed by atoms with E-state index in [2.05, 4.69) is 9.84 Å². The zero-order valence-corrected chi connectivity index (χ0v) is 13.5. The zero-order valence-electron chi connectivity index (χ0n) is 12.7. The van der Waals surface area contributed by atoms with Crippen LogP contribution < -0.4 is 0 Å². The van der Waals surface area contributed by atoms with Gasteiger partial charge in [0.2, 0.25) is 5.91 Å². The van der Waals surface area contributed by atoms with Gasteiger partial charge in [-0.3, -0.25) is 14.3 Å². The number of halogens is 1. The highest BCUT2D eigenvalue weighted by Crippen LogP contribution is 2.20. The van der Waals surface area contributed by atoms with E-state index in [1.165, 1.54) is 18.1 Å². The molecule has 0 aliphatic rings. The summed E-state index contributed by atoms with van der Waals surface area (Å²) in [7, 11) is 3.03. The average molecular weight is 314 g/mol. The van der Waals surface area contributed by atoms with Crippen molar-refractivity contribution in [2.24, 2.45) is 7.05 Å². The van der Waals surface area contributed by atoms with Gasteiger partial charge in [-0.25, -0.2) is 0 Å². The van der Waals surface area contributed by atoms with Gasteiger partial charge in [0.1, 0.15) is 11.7 Å². The second-order valence-electron chi connectivity index (χ2n) is 4.58. The molecule has 0 aliphatic heterocycles. The number of amides is 1. The van der Waals surface area contributed by atoms with Crippen LogP contribution in [0.5, 0.6) is 0 Å². The predicted molar refractivity (Wildman–Crippen MR) is 80.9 cm³/mol. The van der Waals surface area contributed by atoms with E-state index in [1.807, 2.05) is 13.8 Å². The average Bonchev–Trinajstić information content (AvgIpc) is 2.69. The molecule has 0 N–H and O–H groups in total. The topological polar surface area (TPSA) is 64.4 Å². The third-order valence-electron chi connectivity index (χ3n) is 2.94. The van der Waals surface area contributed by atoms with Crippen LogP contribution in [0.25, 0.3) is 6.08 Å². The van der Waals surface area contributed by atoms with Crippen LogP contribution in [0.2, 0.25) is 5.15 Å². The summed E-state index contributed by atoms with van der Waals surface area (Å²) < 4.78 is 6.13. The van der Waals surface area contributed by atoms with Crippen LogP contribution in [-0.2, 0) is 21.4 Å². The molecule has 0 aliphatic carbocycles. The number of hydrogen-bond acceptors (Lipinski definition) is 4. The highest BCUT2D eigenvalue weighted by Gasteiger charge is 2.15. The highest BCUT2D eigenvalue weighted by molar-refractivity contribution is 6.31. The summed E-state index contributed by atoms with van der Waals surface area (Å²) in [4.78, 5) is 24.9. The van der Waals surface area contributed by atoms with Crippen molar-refractivity contribution in [2.75, 3.05) is 20.2 Å². The van der Waals surface area contributed by atoms with Crippen LogP contribution in [0.3, 0.4) is 0 Å². The third kappa shape index (κ3) is 4.60. The number of esters is 1. The minimum absolute atomic E-state index is 0.0622. The molecule has 0 radical (unpaired) electrons. The Kier molecular flexibility index (Phi) is 6.42. The molecule has 1 rings (SSSR count). The zero-order chi connectivity index (χ0) is 16.0.